The van der Waals surface area contributed by atoms with Crippen molar-refractivity contribution in [1.82, 2.24) is 5.43 Å². The van der Waals surface area contributed by atoms with Gasteiger partial charge in [-0.05, 0) is 72.0 Å². The highest BCUT2D eigenvalue weighted by atomic mass is 127. The van der Waals surface area contributed by atoms with Gasteiger partial charge in [-0.3, -0.25) is 10.2 Å². The minimum absolute atomic E-state index is 0.397. The lowest BCUT2D eigenvalue weighted by Gasteiger charge is -2.13. The molecule has 0 radical (unpaired) electrons. The fraction of sp³-hybridized carbons (Fsp3) is 0.133. The zero-order chi connectivity index (χ0) is 16.1. The fourth-order valence-electron chi connectivity index (χ4n) is 1.65. The summed E-state index contributed by atoms with van der Waals surface area (Å²) in [6, 6.07) is 12.4. The summed E-state index contributed by atoms with van der Waals surface area (Å²) in [5.41, 5.74) is 2.04. The van der Waals surface area contributed by atoms with Crippen LogP contribution >= 0.6 is 34.2 Å². The number of benzene rings is 2. The fourth-order valence-corrected chi connectivity index (χ4v) is 2.54. The van der Waals surface area contributed by atoms with Crippen LogP contribution in [0.5, 0.6) is 17.2 Å². The van der Waals surface area contributed by atoms with E-state index in [2.05, 4.69) is 22.6 Å². The zero-order valence-electron chi connectivity index (χ0n) is 11.7. The van der Waals surface area contributed by atoms with E-state index in [9.17, 15) is 4.79 Å². The molecule has 1 amide bonds. The highest BCUT2D eigenvalue weighted by Gasteiger charge is 2.13. The summed E-state index contributed by atoms with van der Waals surface area (Å²) in [7, 11) is 0. The molecule has 5 nitrogen and oxygen atoms in total. The van der Waals surface area contributed by atoms with E-state index in [-0.39, 0.29) is 0 Å². The van der Waals surface area contributed by atoms with Crippen LogP contribution in [0.3, 0.4) is 0 Å². The molecule has 0 fully saturated rings. The maximum atomic E-state index is 11.3. The van der Waals surface area contributed by atoms with Crippen LogP contribution in [0.25, 0.3) is 0 Å². The molecule has 116 valence electrons. The van der Waals surface area contributed by atoms with Crippen LogP contribution in [0.1, 0.15) is 6.92 Å². The summed E-state index contributed by atoms with van der Waals surface area (Å²) >= 11 is 8.30. The zero-order valence-corrected chi connectivity index (χ0v) is 14.6. The van der Waals surface area contributed by atoms with Gasteiger partial charge >= 0.3 is 0 Å². The summed E-state index contributed by atoms with van der Waals surface area (Å²) < 4.78 is 12.2. The molecule has 3 N–H and O–H groups in total. The quantitative estimate of drug-likeness (QED) is 0.328. The van der Waals surface area contributed by atoms with Gasteiger partial charge in [-0.15, -0.1) is 0 Å². The Morgan fingerprint density at radius 3 is 2.45 bits per heavy atom. The van der Waals surface area contributed by atoms with Gasteiger partial charge in [0.15, 0.2) is 6.10 Å². The van der Waals surface area contributed by atoms with E-state index >= 15 is 0 Å². The van der Waals surface area contributed by atoms with Gasteiger partial charge in [-0.25, -0.2) is 5.84 Å². The topological polar surface area (TPSA) is 73.6 Å². The first-order chi connectivity index (χ1) is 10.5. The standard InChI is InChI=1S/C15H14ClIN2O3/c1-9(15(20)19-18)21-11-3-5-12(6-4-11)22-14-7-2-10(17)8-13(14)16/h2-9H,18H2,1H3,(H,19,20)/t9-/m1/s1. The second-order valence-corrected chi connectivity index (χ2v) is 6.07. The molecule has 0 spiro atoms. The Bertz CT molecular complexity index is 664. The van der Waals surface area contributed by atoms with Gasteiger partial charge in [0.25, 0.3) is 5.91 Å². The molecule has 2 aromatic rings. The van der Waals surface area contributed by atoms with Gasteiger partial charge in [0, 0.05) is 3.57 Å². The van der Waals surface area contributed by atoms with E-state index in [0.29, 0.717) is 22.3 Å². The second-order valence-electron chi connectivity index (χ2n) is 4.42. The summed E-state index contributed by atoms with van der Waals surface area (Å²) in [6.45, 7) is 1.61. The molecule has 22 heavy (non-hydrogen) atoms. The Hall–Kier alpha value is -1.51. The predicted molar refractivity (Wildman–Crippen MR) is 93.1 cm³/mol. The van der Waals surface area contributed by atoms with E-state index < -0.39 is 12.0 Å². The highest BCUT2D eigenvalue weighted by Crippen LogP contribution is 2.31. The van der Waals surface area contributed by atoms with Crippen LogP contribution < -0.4 is 20.7 Å². The van der Waals surface area contributed by atoms with Crippen molar-refractivity contribution in [2.24, 2.45) is 5.84 Å². The SMILES string of the molecule is C[C@@H](Oc1ccc(Oc2ccc(I)cc2Cl)cc1)C(=O)NN. The first kappa shape index (κ1) is 16.9. The van der Waals surface area contributed by atoms with Crippen LogP contribution in [-0.4, -0.2) is 12.0 Å². The Labute approximate surface area is 146 Å². The molecule has 0 aliphatic rings. The monoisotopic (exact) mass is 432 g/mol. The Balaban J connectivity index is 2.04. The molecule has 0 heterocycles. The molecule has 0 unspecified atom stereocenters. The number of carbonyl (C=O) groups is 1. The Kier molecular flexibility index (Phi) is 5.87. The van der Waals surface area contributed by atoms with Crippen LogP contribution in [0.15, 0.2) is 42.5 Å². The maximum Gasteiger partial charge on any atom is 0.274 e. The maximum absolute atomic E-state index is 11.3. The average Bonchev–Trinajstić information content (AvgIpc) is 2.51. The lowest BCUT2D eigenvalue weighted by atomic mass is 10.3. The molecule has 1 atom stereocenters. The van der Waals surface area contributed by atoms with Gasteiger partial charge in [0.2, 0.25) is 0 Å². The highest BCUT2D eigenvalue weighted by molar-refractivity contribution is 14.1. The van der Waals surface area contributed by atoms with Gasteiger partial charge in [0.05, 0.1) is 5.02 Å². The first-order valence-electron chi connectivity index (χ1n) is 6.39. The number of amides is 1. The minimum atomic E-state index is -0.678. The van der Waals surface area contributed by atoms with Crippen molar-refractivity contribution in [2.45, 2.75) is 13.0 Å². The van der Waals surface area contributed by atoms with E-state index in [1.54, 1.807) is 31.2 Å². The summed E-state index contributed by atoms with van der Waals surface area (Å²) in [4.78, 5) is 11.3. The number of rotatable bonds is 5. The molecule has 2 rings (SSSR count). The van der Waals surface area contributed by atoms with Gasteiger partial charge in [-0.1, -0.05) is 11.6 Å². The number of nitrogens with two attached hydrogens (primary N) is 1. The number of hydrazine groups is 1. The lowest BCUT2D eigenvalue weighted by Crippen LogP contribution is -2.40. The summed E-state index contributed by atoms with van der Waals surface area (Å²) in [6.07, 6.45) is -0.678. The third-order valence-corrected chi connectivity index (χ3v) is 3.74. The molecule has 0 saturated heterocycles. The Morgan fingerprint density at radius 1 is 1.23 bits per heavy atom. The minimum Gasteiger partial charge on any atom is -0.481 e. The number of carbonyl (C=O) groups excluding carboxylic acids is 1. The van der Waals surface area contributed by atoms with Crippen molar-refractivity contribution in [3.05, 3.63) is 51.1 Å². The van der Waals surface area contributed by atoms with E-state index in [1.165, 1.54) is 0 Å². The van der Waals surface area contributed by atoms with Gasteiger partial charge in [-0.2, -0.15) is 0 Å². The van der Waals surface area contributed by atoms with Crippen LogP contribution in [0, 0.1) is 3.57 Å². The molecule has 0 aliphatic carbocycles. The molecule has 0 saturated carbocycles. The smallest absolute Gasteiger partial charge is 0.274 e. The van der Waals surface area contributed by atoms with Crippen molar-refractivity contribution in [2.75, 3.05) is 0 Å². The first-order valence-corrected chi connectivity index (χ1v) is 7.85. The van der Waals surface area contributed by atoms with Crippen molar-refractivity contribution in [3.8, 4) is 17.2 Å². The Morgan fingerprint density at radius 2 is 1.86 bits per heavy atom. The van der Waals surface area contributed by atoms with Crippen molar-refractivity contribution >= 4 is 40.1 Å². The van der Waals surface area contributed by atoms with Crippen molar-refractivity contribution in [1.29, 1.82) is 0 Å². The van der Waals surface area contributed by atoms with E-state index in [0.717, 1.165) is 3.57 Å². The van der Waals surface area contributed by atoms with Crippen LogP contribution in [0.4, 0.5) is 0 Å². The lowest BCUT2D eigenvalue weighted by molar-refractivity contribution is -0.127. The number of hydrogen-bond donors (Lipinski definition) is 2. The molecule has 0 aromatic heterocycles. The number of hydrogen-bond acceptors (Lipinski definition) is 4. The predicted octanol–water partition coefficient (Wildman–Crippen LogP) is 3.49. The molecule has 0 bridgehead atoms. The van der Waals surface area contributed by atoms with Crippen LogP contribution in [-0.2, 0) is 4.79 Å². The van der Waals surface area contributed by atoms with E-state index in [4.69, 9.17) is 26.9 Å². The molecule has 0 aliphatic heterocycles. The number of ether oxygens (including phenoxy) is 2. The molecular formula is C15H14ClIN2O3. The third kappa shape index (κ3) is 4.49. The molecule has 7 heteroatoms. The van der Waals surface area contributed by atoms with Crippen LogP contribution in [0.2, 0.25) is 5.02 Å². The third-order valence-electron chi connectivity index (χ3n) is 2.77. The normalized spacial score (nSPS) is 11.6. The van der Waals surface area contributed by atoms with Gasteiger partial charge in [0.1, 0.15) is 17.2 Å². The average molecular weight is 433 g/mol. The second kappa shape index (κ2) is 7.66. The summed E-state index contributed by atoms with van der Waals surface area (Å²) in [5.74, 6) is 6.38. The molecular weight excluding hydrogens is 419 g/mol. The number of halogens is 2. The van der Waals surface area contributed by atoms with Gasteiger partial charge < -0.3 is 9.47 Å². The number of nitrogens with one attached hydrogen (secondary N) is 1. The largest absolute Gasteiger partial charge is 0.481 e. The molecule has 2 aromatic carbocycles. The van der Waals surface area contributed by atoms with Crippen molar-refractivity contribution in [3.63, 3.8) is 0 Å². The van der Waals surface area contributed by atoms with E-state index in [1.807, 2.05) is 23.6 Å². The van der Waals surface area contributed by atoms with Crippen molar-refractivity contribution < 1.29 is 14.3 Å². The summed E-state index contributed by atoms with van der Waals surface area (Å²) in [5, 5.41) is 0.542.